The number of ether oxygens (including phenoxy) is 2. The lowest BCUT2D eigenvalue weighted by molar-refractivity contribution is -0.141. The Balaban J connectivity index is 2.65. The van der Waals surface area contributed by atoms with Crippen molar-refractivity contribution in [2.45, 2.75) is 25.8 Å². The van der Waals surface area contributed by atoms with Crippen LogP contribution in [0, 0.1) is 0 Å². The standard InChI is InChI=1S/C13H19N3O4/c1-13(2,8-10(17)19-3)16-12(18)15-9-6-5-7-14-11(9)20-4/h5-7H,8H2,1-4H3,(H2,15,16,18). The van der Waals surface area contributed by atoms with Gasteiger partial charge < -0.3 is 20.1 Å². The Kier molecular flexibility index (Phi) is 5.31. The van der Waals surface area contributed by atoms with Crippen LogP contribution in [-0.2, 0) is 9.53 Å². The van der Waals surface area contributed by atoms with Crippen LogP contribution < -0.4 is 15.4 Å². The molecule has 0 bridgehead atoms. The molecular weight excluding hydrogens is 262 g/mol. The van der Waals surface area contributed by atoms with Crippen molar-refractivity contribution in [2.24, 2.45) is 0 Å². The molecule has 0 aromatic carbocycles. The fourth-order valence-corrected chi connectivity index (χ4v) is 1.59. The second-order valence-electron chi connectivity index (χ2n) is 4.78. The first kappa shape index (κ1) is 15.7. The summed E-state index contributed by atoms with van der Waals surface area (Å²) in [7, 11) is 2.77. The zero-order chi connectivity index (χ0) is 15.2. The summed E-state index contributed by atoms with van der Waals surface area (Å²) < 4.78 is 9.61. The highest BCUT2D eigenvalue weighted by atomic mass is 16.5. The van der Waals surface area contributed by atoms with Crippen LogP contribution in [0.1, 0.15) is 20.3 Å². The number of nitrogens with one attached hydrogen (secondary N) is 2. The maximum Gasteiger partial charge on any atom is 0.319 e. The summed E-state index contributed by atoms with van der Waals surface area (Å²) in [6.45, 7) is 3.45. The number of aromatic nitrogens is 1. The molecule has 0 saturated carbocycles. The van der Waals surface area contributed by atoms with Gasteiger partial charge in [0.1, 0.15) is 5.69 Å². The van der Waals surface area contributed by atoms with Crippen molar-refractivity contribution in [3.05, 3.63) is 18.3 Å². The molecule has 0 radical (unpaired) electrons. The van der Waals surface area contributed by atoms with Gasteiger partial charge in [0.15, 0.2) is 0 Å². The van der Waals surface area contributed by atoms with Crippen LogP contribution in [0.25, 0.3) is 0 Å². The summed E-state index contributed by atoms with van der Waals surface area (Å²) in [5, 5.41) is 5.31. The minimum absolute atomic E-state index is 0.0705. The van der Waals surface area contributed by atoms with Gasteiger partial charge in [0.25, 0.3) is 0 Å². The van der Waals surface area contributed by atoms with Crippen molar-refractivity contribution in [3.8, 4) is 5.88 Å². The number of anilines is 1. The van der Waals surface area contributed by atoms with Gasteiger partial charge in [-0.2, -0.15) is 0 Å². The largest absolute Gasteiger partial charge is 0.480 e. The van der Waals surface area contributed by atoms with Gasteiger partial charge in [-0.3, -0.25) is 4.79 Å². The molecule has 0 aliphatic heterocycles. The molecule has 2 N–H and O–H groups in total. The number of carbonyl (C=O) groups excluding carboxylic acids is 2. The van der Waals surface area contributed by atoms with Gasteiger partial charge >= 0.3 is 12.0 Å². The fraction of sp³-hybridized carbons (Fsp3) is 0.462. The predicted octanol–water partition coefficient (Wildman–Crippen LogP) is 1.55. The zero-order valence-electron chi connectivity index (χ0n) is 12.0. The molecule has 110 valence electrons. The first-order valence-electron chi connectivity index (χ1n) is 6.03. The second-order valence-corrected chi connectivity index (χ2v) is 4.78. The van der Waals surface area contributed by atoms with Gasteiger partial charge in [0, 0.05) is 11.7 Å². The molecule has 1 heterocycles. The van der Waals surface area contributed by atoms with Gasteiger partial charge in [0.2, 0.25) is 5.88 Å². The lowest BCUT2D eigenvalue weighted by atomic mass is 10.0. The van der Waals surface area contributed by atoms with E-state index in [2.05, 4.69) is 20.4 Å². The van der Waals surface area contributed by atoms with E-state index in [4.69, 9.17) is 4.74 Å². The number of rotatable bonds is 5. The highest BCUT2D eigenvalue weighted by Crippen LogP contribution is 2.20. The quantitative estimate of drug-likeness (QED) is 0.799. The molecule has 0 unspecified atom stereocenters. The number of methoxy groups -OCH3 is 2. The highest BCUT2D eigenvalue weighted by Gasteiger charge is 2.25. The monoisotopic (exact) mass is 281 g/mol. The molecule has 0 spiro atoms. The molecule has 0 aliphatic rings. The Morgan fingerprint density at radius 3 is 2.65 bits per heavy atom. The molecule has 1 aromatic heterocycles. The topological polar surface area (TPSA) is 89.5 Å². The van der Waals surface area contributed by atoms with Gasteiger partial charge in [-0.15, -0.1) is 0 Å². The van der Waals surface area contributed by atoms with E-state index < -0.39 is 17.5 Å². The maximum absolute atomic E-state index is 11.9. The third kappa shape index (κ3) is 4.75. The molecule has 7 heteroatoms. The van der Waals surface area contributed by atoms with Crippen molar-refractivity contribution in [1.82, 2.24) is 10.3 Å². The maximum atomic E-state index is 11.9. The highest BCUT2D eigenvalue weighted by molar-refractivity contribution is 5.91. The third-order valence-electron chi connectivity index (χ3n) is 2.48. The lowest BCUT2D eigenvalue weighted by Crippen LogP contribution is -2.47. The Morgan fingerprint density at radius 2 is 2.05 bits per heavy atom. The smallest absolute Gasteiger partial charge is 0.319 e. The lowest BCUT2D eigenvalue weighted by Gasteiger charge is -2.25. The third-order valence-corrected chi connectivity index (χ3v) is 2.48. The number of nitrogens with zero attached hydrogens (tertiary/aromatic N) is 1. The SMILES string of the molecule is COC(=O)CC(C)(C)NC(=O)Nc1cccnc1OC. The van der Waals surface area contributed by atoms with Crippen molar-refractivity contribution in [2.75, 3.05) is 19.5 Å². The molecule has 0 aliphatic carbocycles. The number of carbonyl (C=O) groups is 2. The Labute approximate surface area is 117 Å². The molecule has 0 atom stereocenters. The summed E-state index contributed by atoms with van der Waals surface area (Å²) in [4.78, 5) is 27.1. The van der Waals surface area contributed by atoms with Crippen LogP contribution in [-0.4, -0.2) is 36.7 Å². The van der Waals surface area contributed by atoms with Gasteiger partial charge in [-0.1, -0.05) is 0 Å². The Bertz CT molecular complexity index is 488. The summed E-state index contributed by atoms with van der Waals surface area (Å²) in [5.41, 5.74) is -0.284. The van der Waals surface area contributed by atoms with E-state index >= 15 is 0 Å². The van der Waals surface area contributed by atoms with Gasteiger partial charge in [0.05, 0.1) is 20.6 Å². The summed E-state index contributed by atoms with van der Waals surface area (Å²) >= 11 is 0. The molecule has 20 heavy (non-hydrogen) atoms. The minimum Gasteiger partial charge on any atom is -0.480 e. The van der Waals surface area contributed by atoms with Crippen molar-refractivity contribution in [3.63, 3.8) is 0 Å². The molecule has 0 saturated heterocycles. The Morgan fingerprint density at radius 1 is 1.35 bits per heavy atom. The molecular formula is C13H19N3O4. The number of esters is 1. The number of amides is 2. The Hall–Kier alpha value is -2.31. The molecule has 7 nitrogen and oxygen atoms in total. The number of hydrogen-bond donors (Lipinski definition) is 2. The van der Waals surface area contributed by atoms with Crippen LogP contribution in [0.5, 0.6) is 5.88 Å². The number of urea groups is 1. The van der Waals surface area contributed by atoms with Crippen LogP contribution in [0.4, 0.5) is 10.5 Å². The van der Waals surface area contributed by atoms with E-state index in [0.29, 0.717) is 11.6 Å². The summed E-state index contributed by atoms with van der Waals surface area (Å²) in [6, 6.07) is 2.89. The molecule has 1 aromatic rings. The van der Waals surface area contributed by atoms with Gasteiger partial charge in [-0.25, -0.2) is 9.78 Å². The van der Waals surface area contributed by atoms with E-state index in [0.717, 1.165) is 0 Å². The second kappa shape index (κ2) is 6.74. The minimum atomic E-state index is -0.730. The van der Waals surface area contributed by atoms with E-state index in [1.807, 2.05) is 0 Å². The first-order chi connectivity index (χ1) is 9.38. The number of pyridine rings is 1. The summed E-state index contributed by atoms with van der Waals surface area (Å²) in [6.07, 6.45) is 1.63. The average Bonchev–Trinajstić information content (AvgIpc) is 2.37. The average molecular weight is 281 g/mol. The van der Waals surface area contributed by atoms with Crippen LogP contribution in [0.15, 0.2) is 18.3 Å². The molecule has 0 fully saturated rings. The van der Waals surface area contributed by atoms with Crippen molar-refractivity contribution in [1.29, 1.82) is 0 Å². The van der Waals surface area contributed by atoms with Gasteiger partial charge in [-0.05, 0) is 26.0 Å². The molecule has 1 rings (SSSR count). The normalized spacial score (nSPS) is 10.6. The van der Waals surface area contributed by atoms with E-state index in [1.54, 1.807) is 32.2 Å². The van der Waals surface area contributed by atoms with E-state index in [9.17, 15) is 9.59 Å². The number of hydrogen-bond acceptors (Lipinski definition) is 5. The predicted molar refractivity (Wildman–Crippen MR) is 73.7 cm³/mol. The van der Waals surface area contributed by atoms with Crippen LogP contribution >= 0.6 is 0 Å². The van der Waals surface area contributed by atoms with Crippen LogP contribution in [0.3, 0.4) is 0 Å². The summed E-state index contributed by atoms with van der Waals surface area (Å²) in [5.74, 6) is -0.0808. The zero-order valence-corrected chi connectivity index (χ0v) is 12.0. The van der Waals surface area contributed by atoms with Crippen LogP contribution in [0.2, 0.25) is 0 Å². The van der Waals surface area contributed by atoms with E-state index in [-0.39, 0.29) is 6.42 Å². The van der Waals surface area contributed by atoms with Crippen molar-refractivity contribution >= 4 is 17.7 Å². The molecule has 2 amide bonds. The van der Waals surface area contributed by atoms with Crippen molar-refractivity contribution < 1.29 is 19.1 Å². The van der Waals surface area contributed by atoms with E-state index in [1.165, 1.54) is 14.2 Å². The fourth-order valence-electron chi connectivity index (χ4n) is 1.59. The first-order valence-corrected chi connectivity index (χ1v) is 6.03.